The molecule has 0 bridgehead atoms. The molecule has 0 amide bonds. The van der Waals surface area contributed by atoms with Gasteiger partial charge in [0.15, 0.2) is 0 Å². The van der Waals surface area contributed by atoms with Crippen molar-refractivity contribution in [3.8, 4) is 0 Å². The van der Waals surface area contributed by atoms with Crippen molar-refractivity contribution in [2.24, 2.45) is 5.92 Å². The van der Waals surface area contributed by atoms with E-state index in [1.165, 1.54) is 5.56 Å². The van der Waals surface area contributed by atoms with Crippen molar-refractivity contribution in [1.82, 2.24) is 0 Å². The normalized spacial score (nSPS) is 24.0. The lowest BCUT2D eigenvalue weighted by molar-refractivity contribution is -0.150. The van der Waals surface area contributed by atoms with E-state index in [1.54, 1.807) is 6.92 Å². The van der Waals surface area contributed by atoms with Gasteiger partial charge in [-0.05, 0) is 63.4 Å². The topological polar surface area (TPSA) is 66.8 Å². The molecule has 2 rings (SSSR count). The number of rotatable bonds is 10. The van der Waals surface area contributed by atoms with E-state index in [0.717, 1.165) is 38.5 Å². The molecule has 4 heteroatoms. The number of esters is 1. The lowest BCUT2D eigenvalue weighted by Crippen LogP contribution is -2.37. The first-order valence-corrected chi connectivity index (χ1v) is 10.3. The van der Waals surface area contributed by atoms with Crippen LogP contribution in [-0.4, -0.2) is 34.5 Å². The number of unbranched alkanes of at least 4 members (excludes halogenated alkanes) is 1. The van der Waals surface area contributed by atoms with Crippen molar-refractivity contribution >= 4 is 5.97 Å². The second-order valence-corrected chi connectivity index (χ2v) is 7.75. The van der Waals surface area contributed by atoms with E-state index in [-0.39, 0.29) is 18.3 Å². The van der Waals surface area contributed by atoms with Crippen LogP contribution in [0.5, 0.6) is 0 Å². The molecule has 0 radical (unpaired) electrons. The summed E-state index contributed by atoms with van der Waals surface area (Å²) < 4.78 is 4.97. The fourth-order valence-electron chi connectivity index (χ4n) is 3.90. The maximum absolute atomic E-state index is 11.7. The third-order valence-electron chi connectivity index (χ3n) is 5.30. The standard InChI is InChI=1S/C23H34O4/c1-2-27-22(25)18-23(26)16-8-12-20(17-23)14-15-21(24)13-7-6-11-19-9-4-3-5-10-19/h3-5,9-10,14-15,20-21,24,26H,2,6-8,11-13,16-18H2,1H3/b15-14+/t20-,21-,23-/m1/s1. The average Bonchev–Trinajstić information content (AvgIpc) is 2.64. The Balaban J connectivity index is 1.69. The molecular formula is C23H34O4. The van der Waals surface area contributed by atoms with Crippen molar-refractivity contribution in [2.45, 2.75) is 76.4 Å². The zero-order valence-corrected chi connectivity index (χ0v) is 16.5. The van der Waals surface area contributed by atoms with Gasteiger partial charge in [0.2, 0.25) is 0 Å². The fraction of sp³-hybridized carbons (Fsp3) is 0.609. The van der Waals surface area contributed by atoms with Gasteiger partial charge in [-0.25, -0.2) is 0 Å². The fourth-order valence-corrected chi connectivity index (χ4v) is 3.90. The summed E-state index contributed by atoms with van der Waals surface area (Å²) in [6.45, 7) is 2.12. The number of carbonyl (C=O) groups is 1. The molecule has 150 valence electrons. The van der Waals surface area contributed by atoms with Crippen molar-refractivity contribution in [2.75, 3.05) is 6.61 Å². The summed E-state index contributed by atoms with van der Waals surface area (Å²) >= 11 is 0. The molecule has 3 atom stereocenters. The van der Waals surface area contributed by atoms with E-state index in [2.05, 4.69) is 24.3 Å². The number of aryl methyl sites for hydroxylation is 1. The van der Waals surface area contributed by atoms with E-state index in [0.29, 0.717) is 19.4 Å². The molecule has 0 aromatic heterocycles. The minimum Gasteiger partial charge on any atom is -0.466 e. The number of allylic oxidation sites excluding steroid dienone is 1. The zero-order valence-electron chi connectivity index (χ0n) is 16.5. The maximum Gasteiger partial charge on any atom is 0.308 e. The Labute approximate surface area is 163 Å². The third kappa shape index (κ3) is 8.27. The Bertz CT molecular complexity index is 583. The molecule has 1 aliphatic rings. The van der Waals surface area contributed by atoms with Gasteiger partial charge in [-0.2, -0.15) is 0 Å². The number of aliphatic hydroxyl groups excluding tert-OH is 1. The number of benzene rings is 1. The SMILES string of the molecule is CCOC(=O)C[C@@]1(O)CCC[C@H](/C=C/[C@H](O)CCCCc2ccccc2)C1. The first-order valence-electron chi connectivity index (χ1n) is 10.3. The molecule has 0 aliphatic heterocycles. The number of carbonyl (C=O) groups excluding carboxylic acids is 1. The van der Waals surface area contributed by atoms with E-state index >= 15 is 0 Å². The largest absolute Gasteiger partial charge is 0.466 e. The number of aliphatic hydroxyl groups is 2. The Morgan fingerprint density at radius 2 is 2.11 bits per heavy atom. The van der Waals surface area contributed by atoms with Crippen LogP contribution in [0.15, 0.2) is 42.5 Å². The molecule has 1 aliphatic carbocycles. The molecule has 27 heavy (non-hydrogen) atoms. The Kier molecular flexibility index (Phi) is 9.02. The summed E-state index contributed by atoms with van der Waals surface area (Å²) in [7, 11) is 0. The van der Waals surface area contributed by atoms with Crippen molar-refractivity contribution in [1.29, 1.82) is 0 Å². The minimum absolute atomic E-state index is 0.0627. The second-order valence-electron chi connectivity index (χ2n) is 7.75. The van der Waals surface area contributed by atoms with Gasteiger partial charge in [-0.3, -0.25) is 4.79 Å². The highest BCUT2D eigenvalue weighted by Crippen LogP contribution is 2.35. The quantitative estimate of drug-likeness (QED) is 0.366. The molecule has 1 aromatic carbocycles. The molecule has 1 aromatic rings. The van der Waals surface area contributed by atoms with E-state index in [1.807, 2.05) is 18.2 Å². The van der Waals surface area contributed by atoms with Crippen molar-refractivity contribution in [3.05, 3.63) is 48.0 Å². The first kappa shape index (κ1) is 21.6. The van der Waals surface area contributed by atoms with Crippen LogP contribution < -0.4 is 0 Å². The summed E-state index contributed by atoms with van der Waals surface area (Å²) in [6.07, 6.45) is 10.4. The van der Waals surface area contributed by atoms with Gasteiger partial charge < -0.3 is 14.9 Å². The van der Waals surface area contributed by atoms with Gasteiger partial charge in [0.1, 0.15) is 0 Å². The molecule has 2 N–H and O–H groups in total. The van der Waals surface area contributed by atoms with Crippen LogP contribution in [0.3, 0.4) is 0 Å². The number of hydrogen-bond donors (Lipinski definition) is 2. The molecular weight excluding hydrogens is 340 g/mol. The van der Waals surface area contributed by atoms with E-state index in [9.17, 15) is 15.0 Å². The third-order valence-corrected chi connectivity index (χ3v) is 5.30. The summed E-state index contributed by atoms with van der Waals surface area (Å²) in [5.74, 6) is -0.125. The summed E-state index contributed by atoms with van der Waals surface area (Å²) in [4.78, 5) is 11.7. The summed E-state index contributed by atoms with van der Waals surface area (Å²) in [6, 6.07) is 10.4. The Morgan fingerprint density at radius 1 is 1.33 bits per heavy atom. The van der Waals surface area contributed by atoms with Crippen LogP contribution in [0.25, 0.3) is 0 Å². The predicted octanol–water partition coefficient (Wildman–Crippen LogP) is 4.19. The van der Waals surface area contributed by atoms with Crippen LogP contribution in [0, 0.1) is 5.92 Å². The minimum atomic E-state index is -0.972. The van der Waals surface area contributed by atoms with Crippen LogP contribution in [0.4, 0.5) is 0 Å². The maximum atomic E-state index is 11.7. The van der Waals surface area contributed by atoms with Crippen LogP contribution in [0.2, 0.25) is 0 Å². The molecule has 1 saturated carbocycles. The predicted molar refractivity (Wildman–Crippen MR) is 107 cm³/mol. The van der Waals surface area contributed by atoms with Crippen LogP contribution in [0.1, 0.15) is 63.9 Å². The first-order chi connectivity index (χ1) is 13.0. The second kappa shape index (κ2) is 11.3. The van der Waals surface area contributed by atoms with Crippen molar-refractivity contribution in [3.63, 3.8) is 0 Å². The molecule has 0 unspecified atom stereocenters. The van der Waals surface area contributed by atoms with E-state index in [4.69, 9.17) is 4.74 Å². The number of ether oxygens (including phenoxy) is 1. The monoisotopic (exact) mass is 374 g/mol. The Morgan fingerprint density at radius 3 is 2.85 bits per heavy atom. The van der Waals surface area contributed by atoms with E-state index < -0.39 is 11.7 Å². The highest BCUT2D eigenvalue weighted by molar-refractivity contribution is 5.70. The van der Waals surface area contributed by atoms with Gasteiger partial charge in [-0.1, -0.05) is 48.9 Å². The molecule has 4 nitrogen and oxygen atoms in total. The van der Waals surface area contributed by atoms with Crippen LogP contribution in [-0.2, 0) is 16.0 Å². The lowest BCUT2D eigenvalue weighted by atomic mass is 9.76. The Hall–Kier alpha value is -1.65. The van der Waals surface area contributed by atoms with Crippen molar-refractivity contribution < 1.29 is 19.7 Å². The molecule has 0 spiro atoms. The van der Waals surface area contributed by atoms with Gasteiger partial charge in [0.25, 0.3) is 0 Å². The van der Waals surface area contributed by atoms with Gasteiger partial charge in [0, 0.05) is 0 Å². The van der Waals surface area contributed by atoms with Gasteiger partial charge in [0.05, 0.1) is 24.7 Å². The highest BCUT2D eigenvalue weighted by Gasteiger charge is 2.35. The molecule has 0 saturated heterocycles. The zero-order chi connectivity index (χ0) is 19.5. The van der Waals surface area contributed by atoms with Crippen LogP contribution >= 0.6 is 0 Å². The smallest absolute Gasteiger partial charge is 0.308 e. The van der Waals surface area contributed by atoms with Gasteiger partial charge in [-0.15, -0.1) is 0 Å². The van der Waals surface area contributed by atoms with Gasteiger partial charge >= 0.3 is 5.97 Å². The summed E-state index contributed by atoms with van der Waals surface area (Å²) in [5.41, 5.74) is 0.366. The highest BCUT2D eigenvalue weighted by atomic mass is 16.5. The summed E-state index contributed by atoms with van der Waals surface area (Å²) in [5, 5.41) is 20.9. The average molecular weight is 375 g/mol. The molecule has 0 heterocycles. The molecule has 1 fully saturated rings. The number of hydrogen-bond acceptors (Lipinski definition) is 4. The lowest BCUT2D eigenvalue weighted by Gasteiger charge is -2.35.